The summed E-state index contributed by atoms with van der Waals surface area (Å²) in [7, 11) is 0. The maximum atomic E-state index is 13.9. The Morgan fingerprint density at radius 3 is 1.55 bits per heavy atom. The van der Waals surface area contributed by atoms with Crippen LogP contribution in [0, 0.1) is 11.8 Å². The van der Waals surface area contributed by atoms with Crippen molar-refractivity contribution in [3.63, 3.8) is 0 Å². The van der Waals surface area contributed by atoms with E-state index in [1.165, 1.54) is 9.80 Å². The number of rotatable bonds is 15. The second-order valence-corrected chi connectivity index (χ2v) is 21.9. The highest BCUT2D eigenvalue weighted by atomic mass is 16.6. The molecule has 6 saturated heterocycles. The first-order valence-corrected chi connectivity index (χ1v) is 27.2. The maximum absolute atomic E-state index is 13.9. The number of hydrogen-bond donors (Lipinski definition) is 13. The fraction of sp³-hybridized carbons (Fsp3) is 0.714. The smallest absolute Gasteiger partial charge is 0.308 e. The van der Waals surface area contributed by atoms with Crippen molar-refractivity contribution in [2.45, 2.75) is 171 Å². The molecule has 0 saturated carbocycles. The van der Waals surface area contributed by atoms with Crippen LogP contribution < -0.4 is 65.5 Å². The Labute approximate surface area is 471 Å². The van der Waals surface area contributed by atoms with Gasteiger partial charge in [0.2, 0.25) is 59.1 Å². The molecule has 0 aliphatic carbocycles. The molecule has 33 nitrogen and oxygen atoms in total. The fourth-order valence-electron chi connectivity index (χ4n) is 10.9. The number of guanidine groups is 1. The van der Waals surface area contributed by atoms with Gasteiger partial charge in [0.1, 0.15) is 53.9 Å². The standard InChI is InChI=1S/C27H42N10O7.C22H35N9O7/c1-14(28)30-9-5-6-17-23(40)31-13-20(38)33-18(11-21(39)44-27(2,3)4)24(41)35-22-15(12-32-36-29)10-16-7-8-19(25(42)34-17)37(16)26(22)43;23-8-10-6-11-3-4-14-20(37)29-12(2-1-5-26-22(24)25)18(35)27-9-15(32)28-13(7-16(33)34)19(36)30-17(10)21(38)31(11)14/h15-19,22H,5-13H2,1-4H3,(H2,28,30)(H,31,40)(H,33,38)(H,34,42)(H,35,41);10-14,17H,1-9,23H2,(H,27,35)(H,28,32)(H,29,37)(H,30,36)(H,33,34)(H4,24,25,26)/t15-,16-,17-,18-,19-,22+;10-,11-,12-,13-,14-,17+/m00/s1. The molecule has 0 aromatic heterocycles. The number of aliphatic imine (C=N–C) groups is 2. The first kappa shape index (κ1) is 64.5. The number of amidine groups is 1. The lowest BCUT2D eigenvalue weighted by Crippen LogP contribution is -2.64. The fourth-order valence-corrected chi connectivity index (χ4v) is 10.9. The second-order valence-electron chi connectivity index (χ2n) is 21.9. The predicted molar refractivity (Wildman–Crippen MR) is 288 cm³/mol. The molecule has 0 unspecified atom stereocenters. The van der Waals surface area contributed by atoms with Crippen LogP contribution in [0.25, 0.3) is 10.4 Å². The molecule has 0 aromatic rings. The van der Waals surface area contributed by atoms with E-state index in [-0.39, 0.29) is 50.5 Å². The number of carbonyl (C=O) groups is 12. The molecular weight excluding hydrogens is 1080 g/mol. The molecule has 10 amide bonds. The number of carbonyl (C=O) groups excluding carboxylic acids is 11. The van der Waals surface area contributed by atoms with E-state index < -0.39 is 163 Å². The van der Waals surface area contributed by atoms with Crippen molar-refractivity contribution in [1.82, 2.24) is 52.3 Å². The summed E-state index contributed by atoms with van der Waals surface area (Å²) < 4.78 is 5.33. The van der Waals surface area contributed by atoms with E-state index in [1.54, 1.807) is 27.7 Å². The van der Waals surface area contributed by atoms with Crippen molar-refractivity contribution >= 4 is 82.8 Å². The molecule has 6 aliphatic rings. The summed E-state index contributed by atoms with van der Waals surface area (Å²) in [5, 5.41) is 33.1. The highest BCUT2D eigenvalue weighted by molar-refractivity contribution is 6.00. The number of azide groups is 1. The number of fused-ring (bicyclic) bond motifs is 2. The minimum atomic E-state index is -1.50. The minimum Gasteiger partial charge on any atom is -0.481 e. The molecule has 0 radical (unpaired) electrons. The number of nitrogens with one attached hydrogen (secondary N) is 8. The lowest BCUT2D eigenvalue weighted by atomic mass is 9.86. The first-order chi connectivity index (χ1) is 38.7. The zero-order valence-electron chi connectivity index (χ0n) is 46.4. The molecule has 6 rings (SSSR count). The topological polar surface area (TPSA) is 515 Å². The van der Waals surface area contributed by atoms with Gasteiger partial charge in [0.15, 0.2) is 5.96 Å². The van der Waals surface area contributed by atoms with Gasteiger partial charge in [0.05, 0.1) is 31.8 Å². The van der Waals surface area contributed by atoms with Crippen LogP contribution in [-0.2, 0) is 62.3 Å². The lowest BCUT2D eigenvalue weighted by Gasteiger charge is -2.42. The minimum absolute atomic E-state index is 0.0735. The summed E-state index contributed by atoms with van der Waals surface area (Å²) in [6, 6.07) is -9.78. The van der Waals surface area contributed by atoms with Crippen molar-refractivity contribution < 1.29 is 67.4 Å². The van der Waals surface area contributed by atoms with E-state index in [9.17, 15) is 62.6 Å². The van der Waals surface area contributed by atoms with Gasteiger partial charge < -0.3 is 85.1 Å². The summed E-state index contributed by atoms with van der Waals surface area (Å²) >= 11 is 0. The number of nitrogens with zero attached hydrogens (tertiary/aromatic N) is 7. The summed E-state index contributed by atoms with van der Waals surface area (Å²) in [5.74, 6) is -9.74. The van der Waals surface area contributed by atoms with Gasteiger partial charge in [0, 0.05) is 42.5 Å². The number of carboxylic acids is 1. The molecule has 82 heavy (non-hydrogen) atoms. The zero-order chi connectivity index (χ0) is 60.6. The second kappa shape index (κ2) is 29.4. The molecule has 4 bridgehead atoms. The van der Waals surface area contributed by atoms with E-state index in [0.29, 0.717) is 63.7 Å². The third-order valence-electron chi connectivity index (χ3n) is 14.6. The van der Waals surface area contributed by atoms with Crippen LogP contribution in [0.5, 0.6) is 0 Å². The number of nitrogens with two attached hydrogens (primary N) is 4. The number of amides is 10. The first-order valence-electron chi connectivity index (χ1n) is 27.2. The van der Waals surface area contributed by atoms with E-state index in [2.05, 4.69) is 62.5 Å². The van der Waals surface area contributed by atoms with Gasteiger partial charge in [-0.3, -0.25) is 67.5 Å². The highest BCUT2D eigenvalue weighted by Crippen LogP contribution is 2.37. The number of ether oxygens (including phenoxy) is 1. The Kier molecular flexibility index (Phi) is 23.1. The number of esters is 1. The van der Waals surface area contributed by atoms with Crippen LogP contribution in [-0.4, -0.2) is 203 Å². The summed E-state index contributed by atoms with van der Waals surface area (Å²) in [6.45, 7) is 5.93. The van der Waals surface area contributed by atoms with Crippen LogP contribution >= 0.6 is 0 Å². The van der Waals surface area contributed by atoms with E-state index >= 15 is 0 Å². The summed E-state index contributed by atoms with van der Waals surface area (Å²) in [5.41, 5.74) is 30.2. The Bertz CT molecular complexity index is 2560. The number of hydrogen-bond acceptors (Lipinski definition) is 17. The summed E-state index contributed by atoms with van der Waals surface area (Å²) in [6.07, 6.45) is 2.22. The normalized spacial score (nSPS) is 29.3. The van der Waals surface area contributed by atoms with Crippen LogP contribution in [0.4, 0.5) is 0 Å². The summed E-state index contributed by atoms with van der Waals surface area (Å²) in [4.78, 5) is 170. The Morgan fingerprint density at radius 1 is 0.646 bits per heavy atom. The van der Waals surface area contributed by atoms with Crippen molar-refractivity contribution in [1.29, 1.82) is 0 Å². The number of aliphatic carboxylic acids is 1. The van der Waals surface area contributed by atoms with Gasteiger partial charge in [-0.25, -0.2) is 0 Å². The van der Waals surface area contributed by atoms with Gasteiger partial charge in [-0.1, -0.05) is 5.11 Å². The molecular formula is C49H77N19O14. The third-order valence-corrected chi connectivity index (χ3v) is 14.6. The predicted octanol–water partition coefficient (Wildman–Crippen LogP) is -5.41. The van der Waals surface area contributed by atoms with Crippen molar-refractivity contribution in [3.8, 4) is 0 Å². The van der Waals surface area contributed by atoms with Gasteiger partial charge >= 0.3 is 11.9 Å². The van der Waals surface area contributed by atoms with E-state index in [1.807, 2.05) is 0 Å². The molecule has 0 spiro atoms. The molecule has 6 heterocycles. The maximum Gasteiger partial charge on any atom is 0.308 e. The molecule has 12 atom stereocenters. The molecule has 17 N–H and O–H groups in total. The van der Waals surface area contributed by atoms with E-state index in [0.717, 1.165) is 0 Å². The quantitative estimate of drug-likeness (QED) is 0.0138. The van der Waals surface area contributed by atoms with Gasteiger partial charge in [-0.15, -0.1) is 0 Å². The SMILES string of the molecule is CC(N)=NCCC[C@@H]1NC(=O)[C@@H]2CC[C@H]3C[C@@H](CN=[N+]=[N-])[C@@H](NC(=O)[C@H](CC(=O)OC(C)(C)C)NC(=O)CNC1=O)C(=O)N32.NC[C@@H]1C[C@@H]2CC[C@H]3C(=O)N[C@@H](CCCN=C(N)N)C(=O)NCC(=O)N[C@@H](CC(=O)O)C(=O)N[C@H]1C(=O)N23. The van der Waals surface area contributed by atoms with Gasteiger partial charge in [0.25, 0.3) is 0 Å². The highest BCUT2D eigenvalue weighted by Gasteiger charge is 2.52. The van der Waals surface area contributed by atoms with Crippen molar-refractivity contribution in [2.75, 3.05) is 39.3 Å². The average Bonchev–Trinajstić information content (AvgIpc) is 4.16. The number of piperidine rings is 2. The van der Waals surface area contributed by atoms with Crippen LogP contribution in [0.15, 0.2) is 15.1 Å². The van der Waals surface area contributed by atoms with Crippen LogP contribution in [0.2, 0.25) is 0 Å². The van der Waals surface area contributed by atoms with Crippen molar-refractivity contribution in [3.05, 3.63) is 10.4 Å². The Balaban J connectivity index is 0.000000304. The molecule has 452 valence electrons. The van der Waals surface area contributed by atoms with Crippen molar-refractivity contribution in [2.24, 2.45) is 49.9 Å². The zero-order valence-corrected chi connectivity index (χ0v) is 46.4. The van der Waals surface area contributed by atoms with Gasteiger partial charge in [-0.2, -0.15) is 0 Å². The molecule has 0 aromatic carbocycles. The monoisotopic (exact) mass is 1160 g/mol. The molecule has 6 aliphatic heterocycles. The largest absolute Gasteiger partial charge is 0.481 e. The van der Waals surface area contributed by atoms with Crippen LogP contribution in [0.1, 0.15) is 105 Å². The Morgan fingerprint density at radius 2 is 1.11 bits per heavy atom. The van der Waals surface area contributed by atoms with Gasteiger partial charge in [-0.05, 0) is 110 Å². The molecule has 6 fully saturated rings. The lowest BCUT2D eigenvalue weighted by molar-refractivity contribution is -0.157. The average molecular weight is 1160 g/mol. The third kappa shape index (κ3) is 18.1. The Hall–Kier alpha value is -8.35. The molecule has 33 heteroatoms. The van der Waals surface area contributed by atoms with E-state index in [4.69, 9.17) is 33.2 Å². The van der Waals surface area contributed by atoms with Crippen LogP contribution in [0.3, 0.4) is 0 Å². The number of carboxylic acid groups (broad SMARTS) is 1.